The first-order valence-electron chi connectivity index (χ1n) is 3.34. The smallest absolute Gasteiger partial charge is 0.356 e. The first-order valence-corrected chi connectivity index (χ1v) is 3.34. The summed E-state index contributed by atoms with van der Waals surface area (Å²) in [7, 11) is 0. The highest BCUT2D eigenvalue weighted by Crippen LogP contribution is 1.95. The predicted molar refractivity (Wildman–Crippen MR) is 47.8 cm³/mol. The number of carboxylic acid groups (broad SMARTS) is 1. The van der Waals surface area contributed by atoms with Crippen molar-refractivity contribution in [3.8, 4) is 0 Å². The van der Waals surface area contributed by atoms with Gasteiger partial charge in [0, 0.05) is 6.20 Å². The summed E-state index contributed by atoms with van der Waals surface area (Å²) in [6.45, 7) is 0. The van der Waals surface area contributed by atoms with E-state index in [0.717, 1.165) is 10.6 Å². The number of carbonyl (C=O) groups is 1. The van der Waals surface area contributed by atoms with Crippen molar-refractivity contribution in [1.82, 2.24) is 19.6 Å². The summed E-state index contributed by atoms with van der Waals surface area (Å²) >= 11 is 0. The van der Waals surface area contributed by atoms with Gasteiger partial charge in [-0.15, -0.1) is 12.4 Å². The van der Waals surface area contributed by atoms with Crippen LogP contribution in [0.5, 0.6) is 0 Å². The molecule has 2 aromatic rings. The second-order valence-corrected chi connectivity index (χ2v) is 2.33. The molecule has 0 saturated carbocycles. The van der Waals surface area contributed by atoms with Gasteiger partial charge >= 0.3 is 11.7 Å². The first kappa shape index (κ1) is 10.2. The van der Waals surface area contributed by atoms with Crippen LogP contribution >= 0.6 is 12.4 Å². The summed E-state index contributed by atoms with van der Waals surface area (Å²) in [5.74, 6) is -1.19. The number of hydrogen-bond donors (Lipinski definition) is 2. The van der Waals surface area contributed by atoms with E-state index in [0.29, 0.717) is 0 Å². The summed E-state index contributed by atoms with van der Waals surface area (Å²) in [5, 5.41) is 14.3. The number of H-pyrrole nitrogens is 1. The molecule has 0 aliphatic heterocycles. The minimum Gasteiger partial charge on any atom is -0.476 e. The maximum absolute atomic E-state index is 11.0. The van der Waals surface area contributed by atoms with E-state index in [2.05, 4.69) is 15.2 Å². The normalized spacial score (nSPS) is 9.71. The molecule has 0 saturated heterocycles. The molecule has 0 aliphatic carbocycles. The predicted octanol–water partition coefficient (Wildman–Crippen LogP) is -0.462. The average Bonchev–Trinajstić information content (AvgIpc) is 2.47. The van der Waals surface area contributed by atoms with Crippen LogP contribution in [0.1, 0.15) is 10.5 Å². The van der Waals surface area contributed by atoms with E-state index in [1.807, 2.05) is 0 Å². The summed E-state index contributed by atoms with van der Waals surface area (Å²) in [6, 6.07) is 0. The molecule has 0 aromatic carbocycles. The number of hydrogen-bond acceptors (Lipinski definition) is 4. The minimum absolute atomic E-state index is 0. The van der Waals surface area contributed by atoms with Crippen molar-refractivity contribution in [1.29, 1.82) is 0 Å². The molecule has 7 nitrogen and oxygen atoms in total. The van der Waals surface area contributed by atoms with Crippen LogP contribution in [0, 0.1) is 0 Å². The van der Waals surface area contributed by atoms with Crippen LogP contribution in [0.3, 0.4) is 0 Å². The van der Waals surface area contributed by atoms with Crippen molar-refractivity contribution in [2.45, 2.75) is 0 Å². The zero-order valence-electron chi connectivity index (χ0n) is 6.67. The molecule has 2 rings (SSSR count). The van der Waals surface area contributed by atoms with Crippen molar-refractivity contribution < 1.29 is 9.90 Å². The number of nitrogens with zero attached hydrogens (tertiary/aromatic N) is 3. The summed E-state index contributed by atoms with van der Waals surface area (Å²) in [4.78, 5) is 25.0. The molecule has 14 heavy (non-hydrogen) atoms. The van der Waals surface area contributed by atoms with Gasteiger partial charge in [-0.05, 0) is 0 Å². The molecule has 0 spiro atoms. The average molecular weight is 217 g/mol. The van der Waals surface area contributed by atoms with Gasteiger partial charge in [0.15, 0.2) is 11.3 Å². The fourth-order valence-electron chi connectivity index (χ4n) is 0.926. The van der Waals surface area contributed by atoms with Crippen LogP contribution in [0.2, 0.25) is 0 Å². The minimum atomic E-state index is -1.19. The Labute approximate surface area is 82.8 Å². The highest BCUT2D eigenvalue weighted by Gasteiger charge is 2.07. The van der Waals surface area contributed by atoms with Crippen LogP contribution in [0.4, 0.5) is 0 Å². The van der Waals surface area contributed by atoms with E-state index in [1.54, 1.807) is 0 Å². The molecule has 0 bridgehead atoms. The van der Waals surface area contributed by atoms with Gasteiger partial charge in [-0.1, -0.05) is 0 Å². The quantitative estimate of drug-likeness (QED) is 0.672. The number of halogens is 1. The van der Waals surface area contributed by atoms with Gasteiger partial charge in [-0.3, -0.25) is 0 Å². The summed E-state index contributed by atoms with van der Waals surface area (Å²) < 4.78 is 1.08. The zero-order chi connectivity index (χ0) is 9.42. The second kappa shape index (κ2) is 3.46. The lowest BCUT2D eigenvalue weighted by Gasteiger charge is -1.92. The van der Waals surface area contributed by atoms with Gasteiger partial charge in [0.2, 0.25) is 0 Å². The van der Waals surface area contributed by atoms with Gasteiger partial charge in [0.1, 0.15) is 0 Å². The van der Waals surface area contributed by atoms with Gasteiger partial charge in [0.05, 0.1) is 6.20 Å². The van der Waals surface area contributed by atoms with E-state index in [1.165, 1.54) is 6.20 Å². The van der Waals surface area contributed by atoms with E-state index in [4.69, 9.17) is 5.11 Å². The van der Waals surface area contributed by atoms with Gasteiger partial charge in [0.25, 0.3) is 0 Å². The lowest BCUT2D eigenvalue weighted by molar-refractivity contribution is 0.0690. The topological polar surface area (TPSA) is 100 Å². The first-order chi connectivity index (χ1) is 6.18. The van der Waals surface area contributed by atoms with E-state index < -0.39 is 11.7 Å². The van der Waals surface area contributed by atoms with Crippen LogP contribution in [-0.4, -0.2) is 30.7 Å². The molecule has 0 fully saturated rings. The molecule has 8 heteroatoms. The summed E-state index contributed by atoms with van der Waals surface area (Å²) in [5.41, 5.74) is -0.397. The number of aromatic nitrogens is 4. The molecular weight excluding hydrogens is 212 g/mol. The molecule has 2 heterocycles. The zero-order valence-corrected chi connectivity index (χ0v) is 7.48. The third-order valence-electron chi connectivity index (χ3n) is 1.52. The molecule has 0 amide bonds. The maximum atomic E-state index is 11.0. The van der Waals surface area contributed by atoms with Gasteiger partial charge in [-0.2, -0.15) is 5.10 Å². The molecule has 74 valence electrons. The number of fused-ring (bicyclic) bond motifs is 1. The number of nitrogens with one attached hydrogen (secondary N) is 1. The second-order valence-electron chi connectivity index (χ2n) is 2.33. The highest BCUT2D eigenvalue weighted by molar-refractivity contribution is 5.85. The van der Waals surface area contributed by atoms with Gasteiger partial charge in [-0.25, -0.2) is 24.1 Å². The van der Waals surface area contributed by atoms with Crippen molar-refractivity contribution in [2.75, 3.05) is 0 Å². The fraction of sp³-hybridized carbons (Fsp3) is 0. The maximum Gasteiger partial charge on any atom is 0.356 e. The number of aromatic carboxylic acids is 1. The van der Waals surface area contributed by atoms with Crippen LogP contribution in [-0.2, 0) is 0 Å². The Bertz CT molecular complexity index is 531. The Kier molecular flexibility index (Phi) is 2.52. The van der Waals surface area contributed by atoms with Crippen molar-refractivity contribution >= 4 is 24.0 Å². The Balaban J connectivity index is 0.000000980. The van der Waals surface area contributed by atoms with Crippen molar-refractivity contribution in [3.63, 3.8) is 0 Å². The molecule has 0 radical (unpaired) electrons. The van der Waals surface area contributed by atoms with Crippen molar-refractivity contribution in [3.05, 3.63) is 28.6 Å². The number of carboxylic acids is 1. The monoisotopic (exact) mass is 216 g/mol. The van der Waals surface area contributed by atoms with Gasteiger partial charge < -0.3 is 5.11 Å². The molecule has 0 aliphatic rings. The van der Waals surface area contributed by atoms with Crippen LogP contribution < -0.4 is 5.69 Å². The van der Waals surface area contributed by atoms with E-state index in [9.17, 15) is 9.59 Å². The standard InChI is InChI=1S/C6H4N4O3.ClH/c11-5(12)3-2-10-4(1-7-3)8-9-6(10)13;/h1-2H,(H,9,13)(H,11,12);1H. The largest absolute Gasteiger partial charge is 0.476 e. The van der Waals surface area contributed by atoms with Crippen LogP contribution in [0.15, 0.2) is 17.2 Å². The fourth-order valence-corrected chi connectivity index (χ4v) is 0.926. The third-order valence-corrected chi connectivity index (χ3v) is 1.52. The van der Waals surface area contributed by atoms with E-state index >= 15 is 0 Å². The van der Waals surface area contributed by atoms with Crippen molar-refractivity contribution in [2.24, 2.45) is 0 Å². The third kappa shape index (κ3) is 1.44. The molecular formula is C6H5ClN4O3. The molecule has 0 atom stereocenters. The van der Waals surface area contributed by atoms with E-state index in [-0.39, 0.29) is 23.7 Å². The highest BCUT2D eigenvalue weighted by atomic mass is 35.5. The molecule has 2 aromatic heterocycles. The van der Waals surface area contributed by atoms with Crippen LogP contribution in [0.25, 0.3) is 5.65 Å². The Hall–Kier alpha value is -1.89. The number of aromatic amines is 1. The Morgan fingerprint density at radius 2 is 2.29 bits per heavy atom. The summed E-state index contributed by atoms with van der Waals surface area (Å²) in [6.07, 6.45) is 2.32. The number of rotatable bonds is 1. The Morgan fingerprint density at radius 3 is 2.93 bits per heavy atom. The lowest BCUT2D eigenvalue weighted by Crippen LogP contribution is -2.11. The lowest BCUT2D eigenvalue weighted by atomic mass is 10.4. The SMILES string of the molecule is Cl.O=C(O)c1cn2c(=O)[nH]nc2cn1. The molecule has 0 unspecified atom stereocenters. The Morgan fingerprint density at radius 1 is 1.57 bits per heavy atom. The molecule has 2 N–H and O–H groups in total.